The normalized spacial score (nSPS) is 17.5. The van der Waals surface area contributed by atoms with Gasteiger partial charge in [-0.3, -0.25) is 0 Å². The maximum absolute atomic E-state index is 12.9. The molecule has 1 aliphatic rings. The summed E-state index contributed by atoms with van der Waals surface area (Å²) >= 11 is 0. The lowest BCUT2D eigenvalue weighted by atomic mass is 10.0. The fourth-order valence-corrected chi connectivity index (χ4v) is 2.83. The Hall–Kier alpha value is -2.44. The summed E-state index contributed by atoms with van der Waals surface area (Å²) in [4.78, 5) is 14.0. The maximum atomic E-state index is 12.9. The number of rotatable bonds is 4. The number of hydrogen-bond acceptors (Lipinski definition) is 3. The van der Waals surface area contributed by atoms with Crippen molar-refractivity contribution in [3.63, 3.8) is 0 Å². The van der Waals surface area contributed by atoms with Gasteiger partial charge in [0.2, 0.25) is 0 Å². The Morgan fingerprint density at radius 2 is 2.17 bits per heavy atom. The van der Waals surface area contributed by atoms with Crippen LogP contribution in [0.3, 0.4) is 0 Å². The van der Waals surface area contributed by atoms with Gasteiger partial charge in [-0.05, 0) is 30.0 Å². The summed E-state index contributed by atoms with van der Waals surface area (Å²) in [5.74, 6) is 1.09. The van der Waals surface area contributed by atoms with Crippen LogP contribution in [0, 0.1) is 11.7 Å². The van der Waals surface area contributed by atoms with Crippen LogP contribution in [0.4, 0.5) is 9.18 Å². The molecule has 3 rings (SSSR count). The summed E-state index contributed by atoms with van der Waals surface area (Å²) in [6, 6.07) is 6.07. The minimum Gasteiger partial charge on any atom is -0.334 e. The number of aryl methyl sites for hydroxylation is 1. The quantitative estimate of drug-likeness (QED) is 0.934. The van der Waals surface area contributed by atoms with Crippen LogP contribution in [-0.2, 0) is 20.0 Å². The fraction of sp³-hybridized carbons (Fsp3) is 0.438. The van der Waals surface area contributed by atoms with Crippen molar-refractivity contribution < 1.29 is 9.18 Å². The topological polar surface area (TPSA) is 63.1 Å². The molecule has 122 valence electrons. The number of halogens is 1. The number of aromatic nitrogens is 3. The van der Waals surface area contributed by atoms with Crippen molar-refractivity contribution in [2.75, 3.05) is 13.1 Å². The van der Waals surface area contributed by atoms with Gasteiger partial charge in [0.15, 0.2) is 0 Å². The highest BCUT2D eigenvalue weighted by molar-refractivity contribution is 5.74. The molecule has 1 fully saturated rings. The molecule has 23 heavy (non-hydrogen) atoms. The Bertz CT molecular complexity index is 669. The number of amides is 2. The van der Waals surface area contributed by atoms with E-state index < -0.39 is 0 Å². The average molecular weight is 317 g/mol. The first-order chi connectivity index (χ1) is 11.1. The third kappa shape index (κ3) is 3.85. The van der Waals surface area contributed by atoms with E-state index in [1.54, 1.807) is 18.5 Å². The summed E-state index contributed by atoms with van der Waals surface area (Å²) in [7, 11) is 1.93. The lowest BCUT2D eigenvalue weighted by molar-refractivity contribution is 0.206. The van der Waals surface area contributed by atoms with Crippen molar-refractivity contribution in [2.24, 2.45) is 13.0 Å². The molecule has 1 aliphatic heterocycles. The number of carbonyl (C=O) groups excluding carboxylic acids is 1. The molecular formula is C16H20FN5O. The molecule has 1 saturated heterocycles. The Kier molecular flexibility index (Phi) is 4.55. The third-order valence-corrected chi connectivity index (χ3v) is 4.21. The van der Waals surface area contributed by atoms with E-state index in [4.69, 9.17) is 0 Å². The predicted octanol–water partition coefficient (Wildman–Crippen LogP) is 1.73. The number of nitrogens with one attached hydrogen (secondary N) is 1. The van der Waals surface area contributed by atoms with Crippen LogP contribution in [0.25, 0.3) is 0 Å². The molecule has 0 radical (unpaired) electrons. The number of nitrogens with zero attached hydrogens (tertiary/aromatic N) is 4. The molecule has 1 atom stereocenters. The van der Waals surface area contributed by atoms with E-state index >= 15 is 0 Å². The Labute approximate surface area is 134 Å². The molecule has 0 spiro atoms. The molecular weight excluding hydrogens is 297 g/mol. The van der Waals surface area contributed by atoms with E-state index in [1.165, 1.54) is 12.1 Å². The van der Waals surface area contributed by atoms with E-state index in [9.17, 15) is 9.18 Å². The van der Waals surface area contributed by atoms with E-state index in [2.05, 4.69) is 15.5 Å². The molecule has 2 heterocycles. The van der Waals surface area contributed by atoms with Crippen LogP contribution in [-0.4, -0.2) is 38.8 Å². The molecule has 2 amide bonds. The Morgan fingerprint density at radius 3 is 2.87 bits per heavy atom. The van der Waals surface area contributed by atoms with Crippen molar-refractivity contribution in [3.8, 4) is 0 Å². The number of benzene rings is 1. The van der Waals surface area contributed by atoms with Crippen molar-refractivity contribution in [1.29, 1.82) is 0 Å². The average Bonchev–Trinajstić information content (AvgIpc) is 3.17. The van der Waals surface area contributed by atoms with Crippen molar-refractivity contribution in [2.45, 2.75) is 19.4 Å². The summed E-state index contributed by atoms with van der Waals surface area (Å²) in [6.45, 7) is 1.88. The standard InChI is InChI=1S/C16H20FN5O/c1-21-11-19-20-15(21)8-13-6-7-22(10-13)16(23)18-9-12-2-4-14(17)5-3-12/h2-5,11,13H,6-10H2,1H3,(H,18,23). The molecule has 0 aliphatic carbocycles. The van der Waals surface area contributed by atoms with Crippen molar-refractivity contribution in [3.05, 3.63) is 47.8 Å². The molecule has 1 aromatic carbocycles. The summed E-state index contributed by atoms with van der Waals surface area (Å²) < 4.78 is 14.8. The number of carbonyl (C=O) groups is 1. The van der Waals surface area contributed by atoms with Gasteiger partial charge in [-0.1, -0.05) is 12.1 Å². The summed E-state index contributed by atoms with van der Waals surface area (Å²) in [5.41, 5.74) is 0.884. The second-order valence-electron chi connectivity index (χ2n) is 5.95. The predicted molar refractivity (Wildman–Crippen MR) is 83.0 cm³/mol. The lowest BCUT2D eigenvalue weighted by Gasteiger charge is -2.17. The van der Waals surface area contributed by atoms with Crippen LogP contribution in [0.15, 0.2) is 30.6 Å². The molecule has 2 aromatic rings. The zero-order valence-corrected chi connectivity index (χ0v) is 13.1. The minimum atomic E-state index is -0.272. The van der Waals surface area contributed by atoms with Gasteiger partial charge in [0.25, 0.3) is 0 Å². The summed E-state index contributed by atoms with van der Waals surface area (Å²) in [5, 5.41) is 10.9. The van der Waals surface area contributed by atoms with Crippen molar-refractivity contribution >= 4 is 6.03 Å². The van der Waals surface area contributed by atoms with Gasteiger partial charge in [0.1, 0.15) is 18.0 Å². The first-order valence-electron chi connectivity index (χ1n) is 7.72. The minimum absolute atomic E-state index is 0.0743. The SMILES string of the molecule is Cn1cnnc1CC1CCN(C(=O)NCc2ccc(F)cc2)C1. The van der Waals surface area contributed by atoms with Crippen LogP contribution in [0.1, 0.15) is 17.8 Å². The highest BCUT2D eigenvalue weighted by atomic mass is 19.1. The molecule has 6 nitrogen and oxygen atoms in total. The zero-order valence-electron chi connectivity index (χ0n) is 13.1. The monoisotopic (exact) mass is 317 g/mol. The van der Waals surface area contributed by atoms with E-state index in [1.807, 2.05) is 16.5 Å². The largest absolute Gasteiger partial charge is 0.334 e. The first kappa shape index (κ1) is 15.5. The second-order valence-corrected chi connectivity index (χ2v) is 5.95. The van der Waals surface area contributed by atoms with Crippen LogP contribution >= 0.6 is 0 Å². The highest BCUT2D eigenvalue weighted by Crippen LogP contribution is 2.19. The third-order valence-electron chi connectivity index (χ3n) is 4.21. The smallest absolute Gasteiger partial charge is 0.317 e. The zero-order chi connectivity index (χ0) is 16.2. The molecule has 0 bridgehead atoms. The molecule has 1 N–H and O–H groups in total. The van der Waals surface area contributed by atoms with Crippen LogP contribution < -0.4 is 5.32 Å². The highest BCUT2D eigenvalue weighted by Gasteiger charge is 2.27. The van der Waals surface area contributed by atoms with E-state index in [0.717, 1.165) is 37.3 Å². The second kappa shape index (κ2) is 6.76. The van der Waals surface area contributed by atoms with Gasteiger partial charge >= 0.3 is 6.03 Å². The number of likely N-dealkylation sites (tertiary alicyclic amines) is 1. The molecule has 1 unspecified atom stereocenters. The fourth-order valence-electron chi connectivity index (χ4n) is 2.83. The van der Waals surface area contributed by atoms with Gasteiger partial charge in [-0.2, -0.15) is 0 Å². The van der Waals surface area contributed by atoms with Gasteiger partial charge in [-0.15, -0.1) is 10.2 Å². The van der Waals surface area contributed by atoms with Gasteiger partial charge in [0.05, 0.1) is 0 Å². The maximum Gasteiger partial charge on any atom is 0.317 e. The summed E-state index contributed by atoms with van der Waals surface area (Å²) in [6.07, 6.45) is 3.49. The van der Waals surface area contributed by atoms with E-state index in [-0.39, 0.29) is 11.8 Å². The van der Waals surface area contributed by atoms with Crippen molar-refractivity contribution in [1.82, 2.24) is 25.0 Å². The number of hydrogen-bond donors (Lipinski definition) is 1. The van der Waals surface area contributed by atoms with Gasteiger partial charge < -0.3 is 14.8 Å². The Balaban J connectivity index is 1.47. The molecule has 0 saturated carbocycles. The van der Waals surface area contributed by atoms with Crippen LogP contribution in [0.5, 0.6) is 0 Å². The Morgan fingerprint density at radius 1 is 1.39 bits per heavy atom. The molecule has 7 heteroatoms. The van der Waals surface area contributed by atoms with Crippen LogP contribution in [0.2, 0.25) is 0 Å². The molecule has 1 aromatic heterocycles. The van der Waals surface area contributed by atoms with Gasteiger partial charge in [-0.25, -0.2) is 9.18 Å². The van der Waals surface area contributed by atoms with Gasteiger partial charge in [0, 0.05) is 33.1 Å². The number of urea groups is 1. The lowest BCUT2D eigenvalue weighted by Crippen LogP contribution is -2.38. The van der Waals surface area contributed by atoms with E-state index in [0.29, 0.717) is 12.5 Å². The first-order valence-corrected chi connectivity index (χ1v) is 7.72.